The van der Waals surface area contributed by atoms with Gasteiger partial charge in [0.1, 0.15) is 0 Å². The normalized spacial score (nSPS) is 24.9. The van der Waals surface area contributed by atoms with E-state index < -0.39 is 11.9 Å². The molecule has 4 atom stereocenters. The Morgan fingerprint density at radius 3 is 2.28 bits per heavy atom. The first kappa shape index (κ1) is 19.4. The van der Waals surface area contributed by atoms with Gasteiger partial charge in [-0.3, -0.25) is 14.4 Å². The van der Waals surface area contributed by atoms with Crippen molar-refractivity contribution in [2.75, 3.05) is 11.9 Å². The smallest absolute Gasteiger partial charge is 0.310 e. The Balaban J connectivity index is 1.39. The maximum atomic E-state index is 13.1. The Labute approximate surface area is 170 Å². The van der Waals surface area contributed by atoms with Crippen LogP contribution in [0.25, 0.3) is 0 Å². The number of hydrogen-bond donors (Lipinski definition) is 1. The third-order valence-corrected chi connectivity index (χ3v) is 6.23. The topological polar surface area (TPSA) is 72.5 Å². The standard InChI is InChI=1S/C24H25NO4/c1-15-7-11-19(12-8-15)25-20(26)14-29-24(28)22-18-10-9-17(13-18)21(22)23(27)16-5-3-2-4-6-16/h2-8,11-12,17-18,21-22H,9-10,13-14H2,1H3,(H,25,26)/t17-,18-,21-,22-/m0/s1. The van der Waals surface area contributed by atoms with Crippen molar-refractivity contribution in [1.82, 2.24) is 0 Å². The fraction of sp³-hybridized carbons (Fsp3) is 0.375. The molecule has 2 aliphatic carbocycles. The van der Waals surface area contributed by atoms with Crippen molar-refractivity contribution in [1.29, 1.82) is 0 Å². The maximum absolute atomic E-state index is 13.1. The number of esters is 1. The summed E-state index contributed by atoms with van der Waals surface area (Å²) < 4.78 is 5.35. The summed E-state index contributed by atoms with van der Waals surface area (Å²) in [6.45, 7) is 1.63. The molecule has 0 unspecified atom stereocenters. The Morgan fingerprint density at radius 2 is 1.59 bits per heavy atom. The summed E-state index contributed by atoms with van der Waals surface area (Å²) in [5.41, 5.74) is 2.40. The van der Waals surface area contributed by atoms with Crippen LogP contribution < -0.4 is 5.32 Å². The van der Waals surface area contributed by atoms with E-state index in [1.54, 1.807) is 24.3 Å². The minimum absolute atomic E-state index is 0.0175. The lowest BCUT2D eigenvalue weighted by Crippen LogP contribution is -2.37. The first-order valence-electron chi connectivity index (χ1n) is 10.2. The average molecular weight is 391 g/mol. The van der Waals surface area contributed by atoms with Gasteiger partial charge >= 0.3 is 5.97 Å². The molecule has 4 rings (SSSR count). The molecule has 5 heteroatoms. The SMILES string of the molecule is Cc1ccc(NC(=O)COC(=O)[C@H]2[C@H]3CC[C@@H](C3)[C@@H]2C(=O)c2ccccc2)cc1. The van der Waals surface area contributed by atoms with Crippen molar-refractivity contribution in [3.63, 3.8) is 0 Å². The maximum Gasteiger partial charge on any atom is 0.310 e. The van der Waals surface area contributed by atoms with Crippen LogP contribution in [0.2, 0.25) is 0 Å². The highest BCUT2D eigenvalue weighted by Crippen LogP contribution is 2.53. The highest BCUT2D eigenvalue weighted by Gasteiger charge is 2.54. The molecule has 0 heterocycles. The van der Waals surface area contributed by atoms with Crippen LogP contribution in [0.15, 0.2) is 54.6 Å². The second-order valence-corrected chi connectivity index (χ2v) is 8.14. The van der Waals surface area contributed by atoms with Crippen molar-refractivity contribution in [3.05, 3.63) is 65.7 Å². The molecule has 2 fully saturated rings. The molecule has 2 aromatic carbocycles. The summed E-state index contributed by atoms with van der Waals surface area (Å²) in [5.74, 6) is -1.18. The Kier molecular flexibility index (Phi) is 5.47. The van der Waals surface area contributed by atoms with Crippen LogP contribution in [0.4, 0.5) is 5.69 Å². The third kappa shape index (κ3) is 4.09. The van der Waals surface area contributed by atoms with E-state index in [9.17, 15) is 14.4 Å². The Morgan fingerprint density at radius 1 is 0.931 bits per heavy atom. The Hall–Kier alpha value is -2.95. The third-order valence-electron chi connectivity index (χ3n) is 6.23. The van der Waals surface area contributed by atoms with Crippen LogP contribution in [-0.2, 0) is 14.3 Å². The number of hydrogen-bond acceptors (Lipinski definition) is 4. The quantitative estimate of drug-likeness (QED) is 0.596. The molecule has 2 saturated carbocycles. The van der Waals surface area contributed by atoms with Gasteiger partial charge in [0, 0.05) is 17.2 Å². The molecule has 2 aromatic rings. The summed E-state index contributed by atoms with van der Waals surface area (Å²) in [4.78, 5) is 38.1. The van der Waals surface area contributed by atoms with Crippen LogP contribution >= 0.6 is 0 Å². The van der Waals surface area contributed by atoms with E-state index in [1.165, 1.54) is 0 Å². The molecule has 2 bridgehead atoms. The van der Waals surface area contributed by atoms with Crippen LogP contribution in [0, 0.1) is 30.6 Å². The predicted octanol–water partition coefficient (Wildman–Crippen LogP) is 4.02. The molecule has 2 aliphatic rings. The van der Waals surface area contributed by atoms with Gasteiger partial charge in [-0.05, 0) is 50.2 Å². The second kappa shape index (κ2) is 8.19. The van der Waals surface area contributed by atoms with Gasteiger partial charge in [-0.25, -0.2) is 0 Å². The van der Waals surface area contributed by atoms with Crippen LogP contribution in [0.3, 0.4) is 0 Å². The minimum atomic E-state index is -0.450. The summed E-state index contributed by atoms with van der Waals surface area (Å²) in [5, 5.41) is 2.73. The molecule has 0 spiro atoms. The molecule has 150 valence electrons. The highest BCUT2D eigenvalue weighted by atomic mass is 16.5. The minimum Gasteiger partial charge on any atom is -0.455 e. The number of carbonyl (C=O) groups excluding carboxylic acids is 3. The van der Waals surface area contributed by atoms with E-state index in [0.717, 1.165) is 24.8 Å². The lowest BCUT2D eigenvalue weighted by Gasteiger charge is -2.28. The van der Waals surface area contributed by atoms with Gasteiger partial charge in [-0.1, -0.05) is 48.0 Å². The molecular weight excluding hydrogens is 366 g/mol. The number of fused-ring (bicyclic) bond motifs is 2. The van der Waals surface area contributed by atoms with Gasteiger partial charge in [0.25, 0.3) is 5.91 Å². The monoisotopic (exact) mass is 391 g/mol. The van der Waals surface area contributed by atoms with Gasteiger partial charge in [0.05, 0.1) is 5.92 Å². The lowest BCUT2D eigenvalue weighted by atomic mass is 9.75. The first-order chi connectivity index (χ1) is 14.0. The molecule has 0 radical (unpaired) electrons. The van der Waals surface area contributed by atoms with E-state index >= 15 is 0 Å². The number of ketones is 1. The first-order valence-corrected chi connectivity index (χ1v) is 10.2. The fourth-order valence-electron chi connectivity index (χ4n) is 4.87. The number of Topliss-reactive ketones (excluding diaryl/α,β-unsaturated/α-hetero) is 1. The van der Waals surface area contributed by atoms with Crippen molar-refractivity contribution in [2.24, 2.45) is 23.7 Å². The number of anilines is 1. The number of rotatable bonds is 6. The van der Waals surface area contributed by atoms with Crippen LogP contribution in [0.5, 0.6) is 0 Å². The molecule has 0 saturated heterocycles. The summed E-state index contributed by atoms with van der Waals surface area (Å²) >= 11 is 0. The van der Waals surface area contributed by atoms with E-state index in [4.69, 9.17) is 4.74 Å². The van der Waals surface area contributed by atoms with E-state index in [1.807, 2.05) is 37.3 Å². The van der Waals surface area contributed by atoms with Crippen LogP contribution in [0.1, 0.15) is 35.2 Å². The number of carbonyl (C=O) groups is 3. The molecule has 1 N–H and O–H groups in total. The number of aryl methyl sites for hydroxylation is 1. The summed E-state index contributed by atoms with van der Waals surface area (Å²) in [7, 11) is 0. The molecule has 0 aliphatic heterocycles. The van der Waals surface area contributed by atoms with Crippen molar-refractivity contribution < 1.29 is 19.1 Å². The van der Waals surface area contributed by atoms with Crippen molar-refractivity contribution >= 4 is 23.3 Å². The van der Waals surface area contributed by atoms with Crippen LogP contribution in [-0.4, -0.2) is 24.3 Å². The van der Waals surface area contributed by atoms with Crippen molar-refractivity contribution in [3.8, 4) is 0 Å². The molecule has 29 heavy (non-hydrogen) atoms. The number of nitrogens with one attached hydrogen (secondary N) is 1. The number of amides is 1. The van der Waals surface area contributed by atoms with Crippen molar-refractivity contribution in [2.45, 2.75) is 26.2 Å². The van der Waals surface area contributed by atoms with Gasteiger partial charge in [-0.15, -0.1) is 0 Å². The zero-order chi connectivity index (χ0) is 20.4. The van der Waals surface area contributed by atoms with Gasteiger partial charge in [-0.2, -0.15) is 0 Å². The molecule has 1 amide bonds. The molecule has 0 aromatic heterocycles. The van der Waals surface area contributed by atoms with Gasteiger partial charge in [0.2, 0.25) is 0 Å². The largest absolute Gasteiger partial charge is 0.455 e. The summed E-state index contributed by atoms with van der Waals surface area (Å²) in [6, 6.07) is 16.5. The second-order valence-electron chi connectivity index (χ2n) is 8.14. The van der Waals surface area contributed by atoms with E-state index in [2.05, 4.69) is 5.32 Å². The number of ether oxygens (including phenoxy) is 1. The zero-order valence-electron chi connectivity index (χ0n) is 16.5. The Bertz CT molecular complexity index is 906. The summed E-state index contributed by atoms with van der Waals surface area (Å²) in [6.07, 6.45) is 2.81. The fourth-order valence-corrected chi connectivity index (χ4v) is 4.87. The highest BCUT2D eigenvalue weighted by molar-refractivity contribution is 6.01. The van der Waals surface area contributed by atoms with E-state index in [0.29, 0.717) is 11.3 Å². The lowest BCUT2D eigenvalue weighted by molar-refractivity contribution is -0.154. The van der Waals surface area contributed by atoms with E-state index in [-0.39, 0.29) is 36.1 Å². The molecular formula is C24H25NO4. The van der Waals surface area contributed by atoms with Gasteiger partial charge in [0.15, 0.2) is 12.4 Å². The zero-order valence-corrected chi connectivity index (χ0v) is 16.5. The number of benzene rings is 2. The molecule has 5 nitrogen and oxygen atoms in total. The van der Waals surface area contributed by atoms with Gasteiger partial charge < -0.3 is 10.1 Å². The predicted molar refractivity (Wildman–Crippen MR) is 109 cm³/mol. The average Bonchev–Trinajstić information content (AvgIpc) is 3.35.